The van der Waals surface area contributed by atoms with E-state index in [9.17, 15) is 0 Å². The Labute approximate surface area is 116 Å². The number of rotatable bonds is 7. The molecule has 0 bridgehead atoms. The van der Waals surface area contributed by atoms with Gasteiger partial charge in [0.25, 0.3) is 0 Å². The summed E-state index contributed by atoms with van der Waals surface area (Å²) in [5, 5.41) is 19.8. The molecule has 2 aromatic rings. The van der Waals surface area contributed by atoms with Gasteiger partial charge in [0.2, 0.25) is 0 Å². The van der Waals surface area contributed by atoms with Crippen molar-refractivity contribution in [2.45, 2.75) is 39.2 Å². The normalized spacial score (nSPS) is 12.8. The molecule has 0 aliphatic carbocycles. The monoisotopic (exact) mass is 281 g/mol. The zero-order valence-corrected chi connectivity index (χ0v) is 12.3. The van der Waals surface area contributed by atoms with E-state index in [0.29, 0.717) is 6.42 Å². The Bertz CT molecular complexity index is 507. The standard InChI is InChI=1S/C11H19N7S/c1-4-6-8-11(19-17-13-8)9(12-5-2)7-10-14-16-18(3)15-10/h9,12H,4-7H2,1-3H3. The maximum Gasteiger partial charge on any atom is 0.176 e. The van der Waals surface area contributed by atoms with Crippen LogP contribution in [-0.2, 0) is 19.9 Å². The summed E-state index contributed by atoms with van der Waals surface area (Å²) in [4.78, 5) is 2.67. The van der Waals surface area contributed by atoms with E-state index in [2.05, 4.69) is 44.2 Å². The third-order valence-electron chi connectivity index (χ3n) is 2.78. The van der Waals surface area contributed by atoms with Crippen LogP contribution in [0.3, 0.4) is 0 Å². The number of likely N-dealkylation sites (N-methyl/N-ethyl adjacent to an activating group) is 1. The van der Waals surface area contributed by atoms with Crippen LogP contribution in [0.5, 0.6) is 0 Å². The Morgan fingerprint density at radius 1 is 1.32 bits per heavy atom. The fraction of sp³-hybridized carbons (Fsp3) is 0.727. The highest BCUT2D eigenvalue weighted by molar-refractivity contribution is 7.05. The average molecular weight is 281 g/mol. The molecule has 19 heavy (non-hydrogen) atoms. The second kappa shape index (κ2) is 6.67. The van der Waals surface area contributed by atoms with Crippen molar-refractivity contribution in [1.82, 2.24) is 35.1 Å². The van der Waals surface area contributed by atoms with Gasteiger partial charge >= 0.3 is 0 Å². The minimum Gasteiger partial charge on any atom is -0.309 e. The van der Waals surface area contributed by atoms with E-state index < -0.39 is 0 Å². The molecule has 8 heteroatoms. The van der Waals surface area contributed by atoms with Crippen molar-refractivity contribution in [3.8, 4) is 0 Å². The summed E-state index contributed by atoms with van der Waals surface area (Å²) < 4.78 is 4.08. The SMILES string of the molecule is CCCc1nnsc1C(Cc1nnn(C)n1)NCC. The summed E-state index contributed by atoms with van der Waals surface area (Å²) in [5.41, 5.74) is 1.09. The van der Waals surface area contributed by atoms with Crippen molar-refractivity contribution < 1.29 is 0 Å². The second-order valence-electron chi connectivity index (χ2n) is 4.34. The first kappa shape index (κ1) is 14.0. The molecule has 1 N–H and O–H groups in total. The first-order valence-corrected chi connectivity index (χ1v) is 7.29. The van der Waals surface area contributed by atoms with Crippen LogP contribution in [0, 0.1) is 0 Å². The minimum absolute atomic E-state index is 0.163. The zero-order valence-electron chi connectivity index (χ0n) is 11.5. The van der Waals surface area contributed by atoms with Gasteiger partial charge in [-0.2, -0.15) is 4.80 Å². The number of nitrogens with one attached hydrogen (secondary N) is 1. The summed E-state index contributed by atoms with van der Waals surface area (Å²) >= 11 is 1.46. The second-order valence-corrected chi connectivity index (χ2v) is 5.13. The fourth-order valence-corrected chi connectivity index (χ4v) is 2.75. The average Bonchev–Trinajstić information content (AvgIpc) is 2.99. The van der Waals surface area contributed by atoms with Crippen molar-refractivity contribution in [3.05, 3.63) is 16.4 Å². The molecule has 0 fully saturated rings. The predicted octanol–water partition coefficient (Wildman–Crippen LogP) is 0.907. The van der Waals surface area contributed by atoms with Crippen molar-refractivity contribution in [2.24, 2.45) is 7.05 Å². The molecule has 2 heterocycles. The highest BCUT2D eigenvalue weighted by atomic mass is 32.1. The van der Waals surface area contributed by atoms with Gasteiger partial charge in [-0.3, -0.25) is 0 Å². The number of nitrogens with zero attached hydrogens (tertiary/aromatic N) is 6. The van der Waals surface area contributed by atoms with Crippen LogP contribution in [0.4, 0.5) is 0 Å². The van der Waals surface area contributed by atoms with Crippen LogP contribution in [0.25, 0.3) is 0 Å². The molecule has 0 spiro atoms. The van der Waals surface area contributed by atoms with Crippen LogP contribution in [0.2, 0.25) is 0 Å². The van der Waals surface area contributed by atoms with Gasteiger partial charge in [0.05, 0.1) is 23.7 Å². The third kappa shape index (κ3) is 3.54. The lowest BCUT2D eigenvalue weighted by molar-refractivity contribution is 0.537. The van der Waals surface area contributed by atoms with Gasteiger partial charge < -0.3 is 5.32 Å². The molecule has 2 rings (SSSR count). The number of tetrazole rings is 1. The van der Waals surface area contributed by atoms with Gasteiger partial charge in [0.15, 0.2) is 5.82 Å². The fourth-order valence-electron chi connectivity index (χ4n) is 1.98. The maximum atomic E-state index is 4.24. The van der Waals surface area contributed by atoms with Crippen LogP contribution in [-0.4, -0.2) is 36.3 Å². The summed E-state index contributed by atoms with van der Waals surface area (Å²) in [6.07, 6.45) is 2.74. The van der Waals surface area contributed by atoms with Gasteiger partial charge in [0, 0.05) is 6.42 Å². The van der Waals surface area contributed by atoms with Gasteiger partial charge in [-0.1, -0.05) is 24.8 Å². The topological polar surface area (TPSA) is 81.4 Å². The van der Waals surface area contributed by atoms with Crippen LogP contribution < -0.4 is 5.32 Å². The molecule has 0 saturated heterocycles. The van der Waals surface area contributed by atoms with Crippen molar-refractivity contribution in [1.29, 1.82) is 0 Å². The molecule has 7 nitrogen and oxygen atoms in total. The van der Waals surface area contributed by atoms with E-state index in [1.165, 1.54) is 21.2 Å². The number of aromatic nitrogens is 6. The van der Waals surface area contributed by atoms with Crippen molar-refractivity contribution in [2.75, 3.05) is 6.54 Å². The van der Waals surface area contributed by atoms with Crippen molar-refractivity contribution >= 4 is 11.5 Å². The summed E-state index contributed by atoms with van der Waals surface area (Å²) in [5.74, 6) is 0.740. The molecular formula is C11H19N7S. The Balaban J connectivity index is 2.16. The highest BCUT2D eigenvalue weighted by Gasteiger charge is 2.20. The van der Waals surface area contributed by atoms with Gasteiger partial charge in [0.1, 0.15) is 0 Å². The lowest BCUT2D eigenvalue weighted by atomic mass is 10.1. The molecular weight excluding hydrogens is 262 g/mol. The molecule has 0 amide bonds. The van der Waals surface area contributed by atoms with Gasteiger partial charge in [-0.15, -0.1) is 15.3 Å². The van der Waals surface area contributed by atoms with E-state index in [0.717, 1.165) is 30.9 Å². The Kier molecular flexibility index (Phi) is 4.92. The molecule has 1 atom stereocenters. The summed E-state index contributed by atoms with van der Waals surface area (Å²) in [7, 11) is 1.77. The van der Waals surface area contributed by atoms with Crippen LogP contribution in [0.1, 0.15) is 42.7 Å². The Morgan fingerprint density at radius 2 is 2.16 bits per heavy atom. The number of hydrogen-bond donors (Lipinski definition) is 1. The van der Waals surface area contributed by atoms with E-state index in [1.807, 2.05) is 0 Å². The van der Waals surface area contributed by atoms with E-state index in [4.69, 9.17) is 0 Å². The van der Waals surface area contributed by atoms with E-state index in [-0.39, 0.29) is 6.04 Å². The maximum absolute atomic E-state index is 4.24. The van der Waals surface area contributed by atoms with E-state index in [1.54, 1.807) is 7.05 Å². The first-order valence-electron chi connectivity index (χ1n) is 6.52. The molecule has 0 aromatic carbocycles. The first-order chi connectivity index (χ1) is 9.24. The van der Waals surface area contributed by atoms with Crippen LogP contribution in [0.15, 0.2) is 0 Å². The molecule has 104 valence electrons. The highest BCUT2D eigenvalue weighted by Crippen LogP contribution is 2.24. The Hall–Kier alpha value is -1.41. The smallest absolute Gasteiger partial charge is 0.176 e. The number of hydrogen-bond acceptors (Lipinski definition) is 7. The van der Waals surface area contributed by atoms with E-state index >= 15 is 0 Å². The molecule has 0 radical (unpaired) electrons. The minimum atomic E-state index is 0.163. The lowest BCUT2D eigenvalue weighted by Gasteiger charge is -2.14. The molecule has 1 unspecified atom stereocenters. The molecule has 0 aliphatic heterocycles. The zero-order chi connectivity index (χ0) is 13.7. The Morgan fingerprint density at radius 3 is 2.79 bits per heavy atom. The largest absolute Gasteiger partial charge is 0.309 e. The van der Waals surface area contributed by atoms with Gasteiger partial charge in [-0.05, 0) is 29.7 Å². The number of aryl methyl sites for hydroxylation is 2. The van der Waals surface area contributed by atoms with Crippen LogP contribution >= 0.6 is 11.5 Å². The molecule has 0 saturated carbocycles. The third-order valence-corrected chi connectivity index (χ3v) is 3.66. The van der Waals surface area contributed by atoms with Crippen molar-refractivity contribution in [3.63, 3.8) is 0 Å². The molecule has 0 aliphatic rings. The predicted molar refractivity (Wildman–Crippen MR) is 72.8 cm³/mol. The summed E-state index contributed by atoms with van der Waals surface area (Å²) in [6.45, 7) is 5.12. The van der Waals surface area contributed by atoms with Gasteiger partial charge in [-0.25, -0.2) is 0 Å². The quantitative estimate of drug-likeness (QED) is 0.812. The summed E-state index contributed by atoms with van der Waals surface area (Å²) in [6, 6.07) is 0.163. The molecule has 2 aromatic heterocycles. The lowest BCUT2D eigenvalue weighted by Crippen LogP contribution is -2.23.